The SMILES string of the molecule is CCc1cccc(NC(N)=NCC2(c3cccc(F)c3)CC2)c1. The van der Waals surface area contributed by atoms with Crippen molar-refractivity contribution in [2.24, 2.45) is 10.7 Å². The van der Waals surface area contributed by atoms with Gasteiger partial charge in [0.1, 0.15) is 5.82 Å². The zero-order valence-corrected chi connectivity index (χ0v) is 13.3. The van der Waals surface area contributed by atoms with Crippen molar-refractivity contribution in [3.8, 4) is 0 Å². The maximum Gasteiger partial charge on any atom is 0.193 e. The van der Waals surface area contributed by atoms with Gasteiger partial charge < -0.3 is 11.1 Å². The number of nitrogens with two attached hydrogens (primary N) is 1. The molecule has 120 valence electrons. The van der Waals surface area contributed by atoms with Crippen LogP contribution in [0.1, 0.15) is 30.9 Å². The number of hydrogen-bond acceptors (Lipinski definition) is 1. The Labute approximate surface area is 136 Å². The van der Waals surface area contributed by atoms with Gasteiger partial charge in [-0.25, -0.2) is 4.39 Å². The molecule has 0 spiro atoms. The molecule has 0 amide bonds. The Morgan fingerprint density at radius 1 is 1.22 bits per heavy atom. The van der Waals surface area contributed by atoms with E-state index >= 15 is 0 Å². The second-order valence-corrected chi connectivity index (χ2v) is 6.17. The summed E-state index contributed by atoms with van der Waals surface area (Å²) in [6, 6.07) is 14.9. The molecule has 0 radical (unpaired) electrons. The molecule has 0 unspecified atom stereocenters. The third-order valence-corrected chi connectivity index (χ3v) is 4.45. The predicted molar refractivity (Wildman–Crippen MR) is 93.2 cm³/mol. The van der Waals surface area contributed by atoms with E-state index in [9.17, 15) is 4.39 Å². The van der Waals surface area contributed by atoms with E-state index in [2.05, 4.69) is 29.4 Å². The molecule has 3 rings (SSSR count). The van der Waals surface area contributed by atoms with Crippen LogP contribution >= 0.6 is 0 Å². The van der Waals surface area contributed by atoms with Crippen molar-refractivity contribution in [2.75, 3.05) is 11.9 Å². The fraction of sp³-hybridized carbons (Fsp3) is 0.316. The van der Waals surface area contributed by atoms with E-state index in [4.69, 9.17) is 5.73 Å². The van der Waals surface area contributed by atoms with Crippen molar-refractivity contribution in [1.82, 2.24) is 0 Å². The van der Waals surface area contributed by atoms with Gasteiger partial charge >= 0.3 is 0 Å². The summed E-state index contributed by atoms with van der Waals surface area (Å²) in [6.45, 7) is 2.70. The van der Waals surface area contributed by atoms with Crippen molar-refractivity contribution >= 4 is 11.6 Å². The van der Waals surface area contributed by atoms with E-state index < -0.39 is 0 Å². The Morgan fingerprint density at radius 2 is 2.00 bits per heavy atom. The van der Waals surface area contributed by atoms with Gasteiger partial charge in [-0.3, -0.25) is 4.99 Å². The number of aryl methyl sites for hydroxylation is 1. The smallest absolute Gasteiger partial charge is 0.193 e. The van der Waals surface area contributed by atoms with E-state index in [1.54, 1.807) is 12.1 Å². The molecule has 0 atom stereocenters. The number of rotatable bonds is 5. The van der Waals surface area contributed by atoms with Crippen LogP contribution in [0.4, 0.5) is 10.1 Å². The normalized spacial score (nSPS) is 16.2. The van der Waals surface area contributed by atoms with Gasteiger partial charge in [0.25, 0.3) is 0 Å². The molecule has 23 heavy (non-hydrogen) atoms. The van der Waals surface area contributed by atoms with Gasteiger partial charge in [-0.2, -0.15) is 0 Å². The molecule has 3 nitrogen and oxygen atoms in total. The van der Waals surface area contributed by atoms with Crippen LogP contribution in [0.3, 0.4) is 0 Å². The van der Waals surface area contributed by atoms with Gasteiger partial charge in [-0.05, 0) is 54.7 Å². The first-order valence-electron chi connectivity index (χ1n) is 8.03. The number of benzene rings is 2. The minimum atomic E-state index is -0.194. The molecule has 0 saturated heterocycles. The Bertz CT molecular complexity index is 720. The van der Waals surface area contributed by atoms with Crippen LogP contribution in [0, 0.1) is 5.82 Å². The Hall–Kier alpha value is -2.36. The minimum absolute atomic E-state index is 0.0420. The van der Waals surface area contributed by atoms with Gasteiger partial charge in [0.05, 0.1) is 6.54 Å². The van der Waals surface area contributed by atoms with Gasteiger partial charge in [-0.15, -0.1) is 0 Å². The fourth-order valence-corrected chi connectivity index (χ4v) is 2.80. The quantitative estimate of drug-likeness (QED) is 0.651. The summed E-state index contributed by atoms with van der Waals surface area (Å²) in [6.07, 6.45) is 3.03. The highest BCUT2D eigenvalue weighted by Crippen LogP contribution is 2.48. The third-order valence-electron chi connectivity index (χ3n) is 4.45. The molecule has 0 heterocycles. The number of guanidine groups is 1. The number of halogens is 1. The van der Waals surface area contributed by atoms with E-state index in [1.165, 1.54) is 11.6 Å². The van der Waals surface area contributed by atoms with E-state index in [-0.39, 0.29) is 11.2 Å². The number of nitrogens with one attached hydrogen (secondary N) is 1. The van der Waals surface area contributed by atoms with Gasteiger partial charge in [0, 0.05) is 11.1 Å². The molecule has 0 aromatic heterocycles. The number of nitrogens with zero attached hydrogens (tertiary/aromatic N) is 1. The lowest BCUT2D eigenvalue weighted by Gasteiger charge is -2.14. The summed E-state index contributed by atoms with van der Waals surface area (Å²) in [7, 11) is 0. The molecule has 1 aliphatic rings. The van der Waals surface area contributed by atoms with Crippen LogP contribution < -0.4 is 11.1 Å². The molecule has 1 aliphatic carbocycles. The molecular weight excluding hydrogens is 289 g/mol. The third kappa shape index (κ3) is 3.70. The lowest BCUT2D eigenvalue weighted by molar-refractivity contribution is 0.616. The summed E-state index contributed by atoms with van der Waals surface area (Å²) in [5.74, 6) is 0.209. The maximum atomic E-state index is 13.4. The fourth-order valence-electron chi connectivity index (χ4n) is 2.80. The Kier molecular flexibility index (Phi) is 4.33. The summed E-state index contributed by atoms with van der Waals surface area (Å²) in [4.78, 5) is 4.48. The lowest BCUT2D eigenvalue weighted by Crippen LogP contribution is -2.25. The van der Waals surface area contributed by atoms with E-state index in [1.807, 2.05) is 18.2 Å². The standard InChI is InChI=1S/C19H22FN3/c1-2-14-5-3-8-17(11-14)23-18(21)22-13-19(9-10-19)15-6-4-7-16(20)12-15/h3-8,11-12H,2,9-10,13H2,1H3,(H3,21,22,23). The van der Waals surface area contributed by atoms with Crippen molar-refractivity contribution in [3.63, 3.8) is 0 Å². The van der Waals surface area contributed by atoms with E-state index in [0.29, 0.717) is 12.5 Å². The van der Waals surface area contributed by atoms with Crippen molar-refractivity contribution in [2.45, 2.75) is 31.6 Å². The lowest BCUT2D eigenvalue weighted by atomic mass is 9.96. The average molecular weight is 311 g/mol. The molecular formula is C19H22FN3. The maximum absolute atomic E-state index is 13.4. The second-order valence-electron chi connectivity index (χ2n) is 6.17. The van der Waals surface area contributed by atoms with Crippen molar-refractivity contribution in [1.29, 1.82) is 0 Å². The van der Waals surface area contributed by atoms with Crippen LogP contribution in [0.5, 0.6) is 0 Å². The monoisotopic (exact) mass is 311 g/mol. The molecule has 4 heteroatoms. The predicted octanol–water partition coefficient (Wildman–Crippen LogP) is 3.85. The van der Waals surface area contributed by atoms with Gasteiger partial charge in [0.2, 0.25) is 0 Å². The largest absolute Gasteiger partial charge is 0.370 e. The zero-order valence-electron chi connectivity index (χ0n) is 13.3. The first-order valence-corrected chi connectivity index (χ1v) is 8.03. The number of aliphatic imine (C=N–C) groups is 1. The molecule has 2 aromatic rings. The highest BCUT2D eigenvalue weighted by atomic mass is 19.1. The van der Waals surface area contributed by atoms with Crippen LogP contribution in [-0.4, -0.2) is 12.5 Å². The van der Waals surface area contributed by atoms with Crippen LogP contribution in [0.15, 0.2) is 53.5 Å². The molecule has 1 fully saturated rings. The molecule has 0 aliphatic heterocycles. The topological polar surface area (TPSA) is 50.4 Å². The van der Waals surface area contributed by atoms with Crippen LogP contribution in [0.2, 0.25) is 0 Å². The Morgan fingerprint density at radius 3 is 2.70 bits per heavy atom. The van der Waals surface area contributed by atoms with Gasteiger partial charge in [0.15, 0.2) is 5.96 Å². The first kappa shape index (κ1) is 15.5. The summed E-state index contributed by atoms with van der Waals surface area (Å²) >= 11 is 0. The average Bonchev–Trinajstić information content (AvgIpc) is 3.34. The molecule has 2 aromatic carbocycles. The van der Waals surface area contributed by atoms with Crippen molar-refractivity contribution in [3.05, 3.63) is 65.5 Å². The molecule has 1 saturated carbocycles. The number of hydrogen-bond donors (Lipinski definition) is 2. The van der Waals surface area contributed by atoms with Crippen LogP contribution in [-0.2, 0) is 11.8 Å². The second kappa shape index (κ2) is 6.41. The first-order chi connectivity index (χ1) is 11.1. The highest BCUT2D eigenvalue weighted by Gasteiger charge is 2.44. The van der Waals surface area contributed by atoms with Gasteiger partial charge in [-0.1, -0.05) is 31.2 Å². The molecule has 0 bridgehead atoms. The zero-order chi connectivity index (χ0) is 16.3. The van der Waals surface area contributed by atoms with Crippen LogP contribution in [0.25, 0.3) is 0 Å². The summed E-state index contributed by atoms with van der Waals surface area (Å²) in [5.41, 5.74) is 9.18. The Balaban J connectivity index is 1.67. The van der Waals surface area contributed by atoms with E-state index in [0.717, 1.165) is 30.5 Å². The van der Waals surface area contributed by atoms with Crippen molar-refractivity contribution < 1.29 is 4.39 Å². The summed E-state index contributed by atoms with van der Waals surface area (Å²) in [5, 5.41) is 3.13. The minimum Gasteiger partial charge on any atom is -0.370 e. The summed E-state index contributed by atoms with van der Waals surface area (Å²) < 4.78 is 13.4. The molecule has 3 N–H and O–H groups in total. The number of anilines is 1. The highest BCUT2D eigenvalue weighted by molar-refractivity contribution is 5.92.